The quantitative estimate of drug-likeness (QED) is 0.709. The molecule has 0 atom stereocenters. The summed E-state index contributed by atoms with van der Waals surface area (Å²) in [6.07, 6.45) is 1.77. The first-order valence-electron chi connectivity index (χ1n) is 7.42. The first-order valence-corrected chi connectivity index (χ1v) is 9.12. The van der Waals surface area contributed by atoms with Crippen LogP contribution in [0.3, 0.4) is 0 Å². The number of aryl methyl sites for hydroxylation is 1. The summed E-state index contributed by atoms with van der Waals surface area (Å²) in [4.78, 5) is 22.0. The third kappa shape index (κ3) is 2.99. The molecule has 0 amide bonds. The Morgan fingerprint density at radius 2 is 2.04 bits per heavy atom. The fourth-order valence-electron chi connectivity index (χ4n) is 2.71. The number of hydrogen-bond donors (Lipinski definition) is 0. The largest absolute Gasteiger partial charge is 0.344 e. The van der Waals surface area contributed by atoms with Crippen LogP contribution < -0.4 is 10.5 Å². The molecule has 23 heavy (non-hydrogen) atoms. The summed E-state index contributed by atoms with van der Waals surface area (Å²) in [5, 5.41) is 12.2. The van der Waals surface area contributed by atoms with Gasteiger partial charge in [0.15, 0.2) is 4.96 Å². The van der Waals surface area contributed by atoms with Crippen LogP contribution >= 0.6 is 22.7 Å². The maximum Gasteiger partial charge on any atom is 0.258 e. The Balaban J connectivity index is 1.43. The van der Waals surface area contributed by atoms with Crippen LogP contribution in [-0.4, -0.2) is 50.7 Å². The molecule has 4 rings (SSSR count). The first-order chi connectivity index (χ1) is 11.2. The molecule has 3 aromatic heterocycles. The second-order valence-corrected chi connectivity index (χ2v) is 7.54. The Morgan fingerprint density at radius 3 is 2.78 bits per heavy atom. The molecule has 3 aromatic rings. The van der Waals surface area contributed by atoms with Crippen molar-refractivity contribution in [3.8, 4) is 0 Å². The summed E-state index contributed by atoms with van der Waals surface area (Å²) >= 11 is 3.12. The van der Waals surface area contributed by atoms with Crippen molar-refractivity contribution in [2.75, 3.05) is 31.1 Å². The van der Waals surface area contributed by atoms with Gasteiger partial charge >= 0.3 is 0 Å². The topological polar surface area (TPSA) is 66.6 Å². The zero-order valence-electron chi connectivity index (χ0n) is 12.7. The molecule has 0 saturated carbocycles. The molecule has 9 heteroatoms. The molecule has 1 aliphatic heterocycles. The minimum Gasteiger partial charge on any atom is -0.344 e. The third-order valence-corrected chi connectivity index (χ3v) is 5.56. The smallest absolute Gasteiger partial charge is 0.258 e. The van der Waals surface area contributed by atoms with Crippen molar-refractivity contribution in [2.24, 2.45) is 0 Å². The van der Waals surface area contributed by atoms with E-state index >= 15 is 0 Å². The predicted octanol–water partition coefficient (Wildman–Crippen LogP) is 1.24. The van der Waals surface area contributed by atoms with Crippen molar-refractivity contribution in [2.45, 2.75) is 13.5 Å². The van der Waals surface area contributed by atoms with Crippen LogP contribution in [0.2, 0.25) is 0 Å². The molecular weight excluding hydrogens is 332 g/mol. The number of rotatable bonds is 3. The molecule has 0 spiro atoms. The Kier molecular flexibility index (Phi) is 3.83. The molecule has 0 unspecified atom stereocenters. The van der Waals surface area contributed by atoms with Crippen LogP contribution in [0.15, 0.2) is 22.4 Å². The number of hydrogen-bond acceptors (Lipinski definition) is 8. The lowest BCUT2D eigenvalue weighted by molar-refractivity contribution is 0.247. The van der Waals surface area contributed by atoms with Crippen LogP contribution in [0.1, 0.15) is 10.7 Å². The molecule has 0 aromatic carbocycles. The Bertz CT molecular complexity index is 877. The number of aromatic nitrogens is 4. The van der Waals surface area contributed by atoms with E-state index in [0.29, 0.717) is 6.54 Å². The van der Waals surface area contributed by atoms with E-state index in [0.717, 1.165) is 47.0 Å². The highest BCUT2D eigenvalue weighted by atomic mass is 32.1. The second kappa shape index (κ2) is 5.99. The van der Waals surface area contributed by atoms with E-state index in [1.54, 1.807) is 28.0 Å². The van der Waals surface area contributed by atoms with Crippen molar-refractivity contribution in [1.82, 2.24) is 24.5 Å². The van der Waals surface area contributed by atoms with Crippen molar-refractivity contribution < 1.29 is 0 Å². The average Bonchev–Trinajstić information content (AvgIpc) is 3.17. The highest BCUT2D eigenvalue weighted by Gasteiger charge is 2.20. The minimum absolute atomic E-state index is 0.00535. The van der Waals surface area contributed by atoms with Gasteiger partial charge in [0.25, 0.3) is 5.56 Å². The van der Waals surface area contributed by atoms with Crippen LogP contribution in [0.4, 0.5) is 5.13 Å². The molecule has 4 heterocycles. The molecule has 0 N–H and O–H groups in total. The van der Waals surface area contributed by atoms with Crippen LogP contribution in [0.5, 0.6) is 0 Å². The molecule has 0 radical (unpaired) electrons. The van der Waals surface area contributed by atoms with Gasteiger partial charge in [-0.2, -0.15) is 0 Å². The van der Waals surface area contributed by atoms with Gasteiger partial charge in [0.1, 0.15) is 5.01 Å². The summed E-state index contributed by atoms with van der Waals surface area (Å²) in [7, 11) is 0. The van der Waals surface area contributed by atoms with E-state index < -0.39 is 0 Å². The van der Waals surface area contributed by atoms with E-state index in [1.165, 1.54) is 11.3 Å². The molecule has 0 aliphatic carbocycles. The zero-order chi connectivity index (χ0) is 15.8. The fraction of sp³-hybridized carbons (Fsp3) is 0.429. The first kappa shape index (κ1) is 14.7. The summed E-state index contributed by atoms with van der Waals surface area (Å²) in [6.45, 7) is 6.41. The summed E-state index contributed by atoms with van der Waals surface area (Å²) in [6, 6.07) is 1.64. The van der Waals surface area contributed by atoms with Gasteiger partial charge in [0.05, 0.1) is 5.69 Å². The van der Waals surface area contributed by atoms with Gasteiger partial charge in [-0.25, -0.2) is 4.98 Å². The predicted molar refractivity (Wildman–Crippen MR) is 91.5 cm³/mol. The standard InChI is InChI=1S/C14H16N6OS2/c1-10-16-17-14(23-10)19-4-2-18(3-5-19)9-11-8-12(21)20-6-7-22-13(20)15-11/h6-8H,2-5,9H2,1H3. The molecule has 1 saturated heterocycles. The maximum absolute atomic E-state index is 12.0. The third-order valence-electron chi connectivity index (χ3n) is 3.90. The van der Waals surface area contributed by atoms with Gasteiger partial charge in [-0.05, 0) is 6.92 Å². The summed E-state index contributed by atoms with van der Waals surface area (Å²) in [5.41, 5.74) is 0.840. The molecule has 0 bridgehead atoms. The average molecular weight is 348 g/mol. The summed E-state index contributed by atoms with van der Waals surface area (Å²) < 4.78 is 1.59. The summed E-state index contributed by atoms with van der Waals surface area (Å²) in [5.74, 6) is 0. The van der Waals surface area contributed by atoms with Gasteiger partial charge in [0, 0.05) is 50.4 Å². The lowest BCUT2D eigenvalue weighted by atomic mass is 10.3. The monoisotopic (exact) mass is 348 g/mol. The normalized spacial score (nSPS) is 16.3. The lowest BCUT2D eigenvalue weighted by Crippen LogP contribution is -2.46. The van der Waals surface area contributed by atoms with Gasteiger partial charge < -0.3 is 4.90 Å². The SMILES string of the molecule is Cc1nnc(N2CCN(Cc3cc(=O)n4ccsc4n3)CC2)s1. The van der Waals surface area contributed by atoms with Crippen LogP contribution in [0, 0.1) is 6.92 Å². The molecule has 1 aliphatic rings. The van der Waals surface area contributed by atoms with Crippen LogP contribution in [0.25, 0.3) is 4.96 Å². The molecular formula is C14H16N6OS2. The zero-order valence-corrected chi connectivity index (χ0v) is 14.3. The fourth-order valence-corrected chi connectivity index (χ4v) is 4.19. The molecule has 7 nitrogen and oxygen atoms in total. The number of nitrogens with zero attached hydrogens (tertiary/aromatic N) is 6. The minimum atomic E-state index is -0.00535. The van der Waals surface area contributed by atoms with Gasteiger partial charge in [-0.15, -0.1) is 21.5 Å². The van der Waals surface area contributed by atoms with E-state index in [2.05, 4.69) is 25.0 Å². The highest BCUT2D eigenvalue weighted by Crippen LogP contribution is 2.21. The van der Waals surface area contributed by atoms with E-state index in [1.807, 2.05) is 12.3 Å². The Hall–Kier alpha value is -1.84. The van der Waals surface area contributed by atoms with E-state index in [9.17, 15) is 4.79 Å². The number of anilines is 1. The van der Waals surface area contributed by atoms with E-state index in [-0.39, 0.29) is 5.56 Å². The van der Waals surface area contributed by atoms with Gasteiger partial charge in [-0.3, -0.25) is 14.1 Å². The lowest BCUT2D eigenvalue weighted by Gasteiger charge is -2.34. The second-order valence-electron chi connectivity index (χ2n) is 5.51. The molecule has 1 fully saturated rings. The van der Waals surface area contributed by atoms with Crippen molar-refractivity contribution in [3.05, 3.63) is 38.7 Å². The number of piperazine rings is 1. The van der Waals surface area contributed by atoms with Crippen molar-refractivity contribution in [3.63, 3.8) is 0 Å². The molecule has 120 valence electrons. The Morgan fingerprint density at radius 1 is 1.22 bits per heavy atom. The van der Waals surface area contributed by atoms with Crippen molar-refractivity contribution in [1.29, 1.82) is 0 Å². The Labute approximate surface area is 140 Å². The highest BCUT2D eigenvalue weighted by molar-refractivity contribution is 7.15. The van der Waals surface area contributed by atoms with E-state index in [4.69, 9.17) is 0 Å². The van der Waals surface area contributed by atoms with Gasteiger partial charge in [0.2, 0.25) is 5.13 Å². The van der Waals surface area contributed by atoms with Crippen molar-refractivity contribution >= 4 is 32.8 Å². The van der Waals surface area contributed by atoms with Gasteiger partial charge in [-0.1, -0.05) is 11.3 Å². The van der Waals surface area contributed by atoms with Crippen LogP contribution in [-0.2, 0) is 6.54 Å². The number of fused-ring (bicyclic) bond motifs is 1. The maximum atomic E-state index is 12.0. The number of thiazole rings is 1.